The number of nitrogens with one attached hydrogen (secondary N) is 1. The SMILES string of the molecule is Cc1ncc(NC(=O)c2cccc(C(F)(F)F)c2)cc1-c1cnc(OC2CCOCC2)c(N2CCC(C)CC2)c1. The number of ether oxygens (including phenoxy) is 2. The summed E-state index contributed by atoms with van der Waals surface area (Å²) in [6, 6.07) is 8.16. The van der Waals surface area contributed by atoms with Crippen LogP contribution in [0.1, 0.15) is 54.2 Å². The topological polar surface area (TPSA) is 76.6 Å². The van der Waals surface area contributed by atoms with Gasteiger partial charge in [-0.3, -0.25) is 9.78 Å². The van der Waals surface area contributed by atoms with Crippen molar-refractivity contribution in [1.82, 2.24) is 9.97 Å². The zero-order chi connectivity index (χ0) is 28.3. The smallest absolute Gasteiger partial charge is 0.416 e. The number of benzene rings is 1. The van der Waals surface area contributed by atoms with Gasteiger partial charge in [0.2, 0.25) is 5.88 Å². The lowest BCUT2D eigenvalue weighted by Gasteiger charge is -2.34. The number of anilines is 2. The Kier molecular flexibility index (Phi) is 8.25. The van der Waals surface area contributed by atoms with Gasteiger partial charge in [0.05, 0.1) is 30.7 Å². The molecule has 2 aliphatic heterocycles. The van der Waals surface area contributed by atoms with Gasteiger partial charge >= 0.3 is 6.18 Å². The van der Waals surface area contributed by atoms with Crippen molar-refractivity contribution in [1.29, 1.82) is 0 Å². The van der Waals surface area contributed by atoms with Crippen LogP contribution in [-0.4, -0.2) is 48.3 Å². The predicted molar refractivity (Wildman–Crippen MR) is 147 cm³/mol. The minimum Gasteiger partial charge on any atom is -0.473 e. The quantitative estimate of drug-likeness (QED) is 0.374. The molecule has 0 bridgehead atoms. The molecule has 1 aromatic carbocycles. The normalized spacial score (nSPS) is 17.1. The highest BCUT2D eigenvalue weighted by atomic mass is 19.4. The number of nitrogens with zero attached hydrogens (tertiary/aromatic N) is 3. The Bertz CT molecular complexity index is 1350. The zero-order valence-corrected chi connectivity index (χ0v) is 22.6. The largest absolute Gasteiger partial charge is 0.473 e. The van der Waals surface area contributed by atoms with Crippen molar-refractivity contribution in [3.63, 3.8) is 0 Å². The molecule has 2 aromatic heterocycles. The van der Waals surface area contributed by atoms with Gasteiger partial charge < -0.3 is 19.7 Å². The Balaban J connectivity index is 1.42. The summed E-state index contributed by atoms with van der Waals surface area (Å²) in [5.41, 5.74) is 2.64. The van der Waals surface area contributed by atoms with Gasteiger partial charge in [0.1, 0.15) is 11.8 Å². The van der Waals surface area contributed by atoms with Crippen LogP contribution in [0.5, 0.6) is 5.88 Å². The van der Waals surface area contributed by atoms with E-state index in [1.807, 2.05) is 6.92 Å². The maximum absolute atomic E-state index is 13.1. The van der Waals surface area contributed by atoms with E-state index in [1.54, 1.807) is 12.3 Å². The zero-order valence-electron chi connectivity index (χ0n) is 22.6. The first-order chi connectivity index (χ1) is 19.2. The summed E-state index contributed by atoms with van der Waals surface area (Å²) >= 11 is 0. The molecule has 0 saturated carbocycles. The molecule has 212 valence electrons. The second-order valence-corrected chi connectivity index (χ2v) is 10.5. The number of carbonyl (C=O) groups is 1. The van der Waals surface area contributed by atoms with E-state index >= 15 is 0 Å². The molecule has 2 saturated heterocycles. The fourth-order valence-electron chi connectivity index (χ4n) is 5.04. The van der Waals surface area contributed by atoms with Gasteiger partial charge in [0, 0.05) is 54.5 Å². The van der Waals surface area contributed by atoms with Gasteiger partial charge in [-0.05, 0) is 56.0 Å². The summed E-state index contributed by atoms with van der Waals surface area (Å²) < 4.78 is 51.2. The molecule has 2 fully saturated rings. The van der Waals surface area contributed by atoms with E-state index in [0.717, 1.165) is 73.4 Å². The van der Waals surface area contributed by atoms with Gasteiger partial charge in [-0.25, -0.2) is 4.98 Å². The molecule has 2 aliphatic rings. The van der Waals surface area contributed by atoms with Gasteiger partial charge in [-0.15, -0.1) is 0 Å². The van der Waals surface area contributed by atoms with Crippen LogP contribution in [0.3, 0.4) is 0 Å². The first-order valence-electron chi connectivity index (χ1n) is 13.6. The average Bonchev–Trinajstić information content (AvgIpc) is 2.95. The van der Waals surface area contributed by atoms with Crippen LogP contribution < -0.4 is 15.0 Å². The first kappa shape index (κ1) is 27.9. The summed E-state index contributed by atoms with van der Waals surface area (Å²) in [6.07, 6.45) is 2.55. The van der Waals surface area contributed by atoms with Crippen molar-refractivity contribution in [3.05, 3.63) is 65.6 Å². The second kappa shape index (κ2) is 11.8. The van der Waals surface area contributed by atoms with Crippen LogP contribution in [0.15, 0.2) is 48.8 Å². The van der Waals surface area contributed by atoms with E-state index < -0.39 is 17.6 Å². The number of rotatable bonds is 6. The number of hydrogen-bond acceptors (Lipinski definition) is 6. The molecule has 4 heterocycles. The van der Waals surface area contributed by atoms with Crippen LogP contribution in [-0.2, 0) is 10.9 Å². The Morgan fingerprint density at radius 1 is 1.05 bits per heavy atom. The van der Waals surface area contributed by atoms with E-state index in [-0.39, 0.29) is 11.7 Å². The summed E-state index contributed by atoms with van der Waals surface area (Å²) in [5, 5.41) is 2.69. The van der Waals surface area contributed by atoms with Crippen molar-refractivity contribution in [3.8, 4) is 17.0 Å². The maximum Gasteiger partial charge on any atom is 0.416 e. The van der Waals surface area contributed by atoms with E-state index in [9.17, 15) is 18.0 Å². The molecule has 1 N–H and O–H groups in total. The lowest BCUT2D eigenvalue weighted by molar-refractivity contribution is -0.137. The lowest BCUT2D eigenvalue weighted by atomic mass is 9.98. The molecule has 0 aliphatic carbocycles. The Hall–Kier alpha value is -3.66. The molecule has 0 atom stereocenters. The molecule has 0 spiro atoms. The number of halogens is 3. The van der Waals surface area contributed by atoms with E-state index in [4.69, 9.17) is 14.5 Å². The number of aromatic nitrogens is 2. The van der Waals surface area contributed by atoms with Crippen molar-refractivity contribution in [2.75, 3.05) is 36.5 Å². The van der Waals surface area contributed by atoms with Crippen molar-refractivity contribution in [2.24, 2.45) is 5.92 Å². The standard InChI is InChI=1S/C30H33F3N4O3/c1-19-6-10-37(11-7-19)27-15-22(17-35-29(27)40-25-8-12-39-13-9-25)26-16-24(18-34-20(26)2)36-28(38)21-4-3-5-23(14-21)30(31,32)33/h3-5,14-19,25H,6-13H2,1-2H3,(H,36,38). The molecular formula is C30H33F3N4O3. The van der Waals surface area contributed by atoms with E-state index in [0.29, 0.717) is 30.7 Å². The second-order valence-electron chi connectivity index (χ2n) is 10.5. The lowest BCUT2D eigenvalue weighted by Crippen LogP contribution is -2.34. The van der Waals surface area contributed by atoms with Crippen molar-refractivity contribution >= 4 is 17.3 Å². The predicted octanol–water partition coefficient (Wildman–Crippen LogP) is 6.52. The van der Waals surface area contributed by atoms with Crippen molar-refractivity contribution < 1.29 is 27.4 Å². The Labute approximate surface area is 231 Å². The number of piperidine rings is 1. The van der Waals surface area contributed by atoms with Gasteiger partial charge in [0.25, 0.3) is 5.91 Å². The monoisotopic (exact) mass is 554 g/mol. The van der Waals surface area contributed by atoms with Gasteiger partial charge in [-0.2, -0.15) is 13.2 Å². The molecule has 3 aromatic rings. The van der Waals surface area contributed by atoms with Gasteiger partial charge in [-0.1, -0.05) is 13.0 Å². The highest BCUT2D eigenvalue weighted by Gasteiger charge is 2.31. The number of aryl methyl sites for hydroxylation is 1. The molecule has 7 nitrogen and oxygen atoms in total. The maximum atomic E-state index is 13.1. The molecule has 40 heavy (non-hydrogen) atoms. The Morgan fingerprint density at radius 3 is 2.52 bits per heavy atom. The van der Waals surface area contributed by atoms with Crippen LogP contribution in [0.25, 0.3) is 11.1 Å². The highest BCUT2D eigenvalue weighted by molar-refractivity contribution is 6.04. The fraction of sp³-hybridized carbons (Fsp3) is 0.433. The Morgan fingerprint density at radius 2 is 1.80 bits per heavy atom. The summed E-state index contributed by atoms with van der Waals surface area (Å²) in [4.78, 5) is 24.3. The summed E-state index contributed by atoms with van der Waals surface area (Å²) in [5.74, 6) is 0.616. The molecule has 10 heteroatoms. The molecule has 0 unspecified atom stereocenters. The van der Waals surface area contributed by atoms with Crippen LogP contribution in [0.2, 0.25) is 0 Å². The first-order valence-corrected chi connectivity index (χ1v) is 13.6. The van der Waals surface area contributed by atoms with Crippen molar-refractivity contribution in [2.45, 2.75) is 51.8 Å². The van der Waals surface area contributed by atoms with E-state index in [2.05, 4.69) is 28.2 Å². The number of amides is 1. The van der Waals surface area contributed by atoms with Crippen LogP contribution in [0.4, 0.5) is 24.5 Å². The third-order valence-corrected chi connectivity index (χ3v) is 7.51. The number of hydrogen-bond donors (Lipinski definition) is 1. The molecule has 5 rings (SSSR count). The molecule has 1 amide bonds. The average molecular weight is 555 g/mol. The molecule has 0 radical (unpaired) electrons. The van der Waals surface area contributed by atoms with Gasteiger partial charge in [0.15, 0.2) is 0 Å². The number of carbonyl (C=O) groups excluding carboxylic acids is 1. The fourth-order valence-corrected chi connectivity index (χ4v) is 5.04. The van der Waals surface area contributed by atoms with Crippen LogP contribution >= 0.6 is 0 Å². The number of pyridine rings is 2. The number of alkyl halides is 3. The van der Waals surface area contributed by atoms with Crippen LogP contribution in [0, 0.1) is 12.8 Å². The summed E-state index contributed by atoms with van der Waals surface area (Å²) in [6.45, 7) is 7.27. The minimum atomic E-state index is -4.54. The third kappa shape index (κ3) is 6.55. The highest BCUT2D eigenvalue weighted by Crippen LogP contribution is 2.36. The molecular weight excluding hydrogens is 521 g/mol. The summed E-state index contributed by atoms with van der Waals surface area (Å²) in [7, 11) is 0. The third-order valence-electron chi connectivity index (χ3n) is 7.51. The van der Waals surface area contributed by atoms with E-state index in [1.165, 1.54) is 18.3 Å². The minimum absolute atomic E-state index is 0.0485.